The van der Waals surface area contributed by atoms with Crippen LogP contribution in [-0.2, 0) is 0 Å². The number of anilines is 1. The Morgan fingerprint density at radius 2 is 2.19 bits per heavy atom. The number of rotatable bonds is 2. The highest BCUT2D eigenvalue weighted by molar-refractivity contribution is 6.32. The van der Waals surface area contributed by atoms with E-state index in [1.54, 1.807) is 0 Å². The van der Waals surface area contributed by atoms with Gasteiger partial charge >= 0.3 is 0 Å². The van der Waals surface area contributed by atoms with E-state index in [4.69, 9.17) is 22.1 Å². The lowest BCUT2D eigenvalue weighted by atomic mass is 10.1. The summed E-state index contributed by atoms with van der Waals surface area (Å²) in [6, 6.07) is 2.66. The third-order valence-electron chi connectivity index (χ3n) is 2.99. The zero-order valence-electron chi connectivity index (χ0n) is 9.17. The molecular formula is C12H15ClFNO. The van der Waals surface area contributed by atoms with E-state index in [0.29, 0.717) is 11.7 Å². The van der Waals surface area contributed by atoms with Gasteiger partial charge in [-0.25, -0.2) is 4.39 Å². The summed E-state index contributed by atoms with van der Waals surface area (Å²) in [5, 5.41) is 0.284. The van der Waals surface area contributed by atoms with E-state index in [1.165, 1.54) is 18.6 Å². The first-order valence-corrected chi connectivity index (χ1v) is 5.85. The summed E-state index contributed by atoms with van der Waals surface area (Å²) in [6.07, 6.45) is 3.39. The number of nitrogen functional groups attached to an aromatic ring is 1. The Morgan fingerprint density at radius 1 is 1.44 bits per heavy atom. The Bertz CT molecular complexity index is 397. The fourth-order valence-electron chi connectivity index (χ4n) is 2.08. The summed E-state index contributed by atoms with van der Waals surface area (Å²) in [5.41, 5.74) is 5.55. The Morgan fingerprint density at radius 3 is 2.81 bits per heavy atom. The molecule has 0 saturated heterocycles. The van der Waals surface area contributed by atoms with Crippen LogP contribution in [0.5, 0.6) is 5.75 Å². The molecular weight excluding hydrogens is 229 g/mol. The van der Waals surface area contributed by atoms with Gasteiger partial charge in [-0.1, -0.05) is 18.5 Å². The smallest absolute Gasteiger partial charge is 0.147 e. The molecule has 1 aliphatic carbocycles. The number of halogens is 2. The van der Waals surface area contributed by atoms with Crippen LogP contribution in [0.3, 0.4) is 0 Å². The highest BCUT2D eigenvalue weighted by Crippen LogP contribution is 2.34. The molecule has 1 fully saturated rings. The zero-order valence-corrected chi connectivity index (χ0v) is 9.93. The monoisotopic (exact) mass is 243 g/mol. The van der Waals surface area contributed by atoms with Crippen LogP contribution in [0, 0.1) is 11.7 Å². The van der Waals surface area contributed by atoms with E-state index >= 15 is 0 Å². The van der Waals surface area contributed by atoms with Crippen LogP contribution in [0.4, 0.5) is 10.1 Å². The first kappa shape index (κ1) is 11.5. The Balaban J connectivity index is 2.12. The molecule has 0 spiro atoms. The molecule has 2 nitrogen and oxygen atoms in total. The zero-order chi connectivity index (χ0) is 11.7. The van der Waals surface area contributed by atoms with Crippen LogP contribution < -0.4 is 10.5 Å². The lowest BCUT2D eigenvalue weighted by Gasteiger charge is -2.15. The van der Waals surface area contributed by atoms with Crippen LogP contribution in [0.25, 0.3) is 0 Å². The van der Waals surface area contributed by atoms with Crippen molar-refractivity contribution < 1.29 is 9.13 Å². The van der Waals surface area contributed by atoms with Crippen molar-refractivity contribution >= 4 is 17.3 Å². The van der Waals surface area contributed by atoms with Crippen LogP contribution >= 0.6 is 11.6 Å². The summed E-state index contributed by atoms with van der Waals surface area (Å²) >= 11 is 5.90. The van der Waals surface area contributed by atoms with Gasteiger partial charge in [0.25, 0.3) is 0 Å². The molecule has 2 unspecified atom stereocenters. The summed E-state index contributed by atoms with van der Waals surface area (Å²) in [5.74, 6) is 0.665. The number of nitrogens with two attached hydrogens (primary N) is 1. The maximum Gasteiger partial charge on any atom is 0.147 e. The molecule has 0 bridgehead atoms. The fraction of sp³-hybridized carbons (Fsp3) is 0.500. The predicted octanol–water partition coefficient (Wildman–Crippen LogP) is 3.63. The van der Waals surface area contributed by atoms with Crippen molar-refractivity contribution in [3.8, 4) is 5.75 Å². The van der Waals surface area contributed by atoms with Gasteiger partial charge in [0.2, 0.25) is 0 Å². The van der Waals surface area contributed by atoms with Crippen molar-refractivity contribution in [3.63, 3.8) is 0 Å². The molecule has 88 valence electrons. The van der Waals surface area contributed by atoms with Gasteiger partial charge in [-0.05, 0) is 31.2 Å². The van der Waals surface area contributed by atoms with E-state index < -0.39 is 5.82 Å². The normalized spacial score (nSPS) is 24.7. The quantitative estimate of drug-likeness (QED) is 0.805. The first-order valence-electron chi connectivity index (χ1n) is 5.47. The average Bonchev–Trinajstić information content (AvgIpc) is 2.60. The molecule has 16 heavy (non-hydrogen) atoms. The summed E-state index contributed by atoms with van der Waals surface area (Å²) in [7, 11) is 0. The topological polar surface area (TPSA) is 35.2 Å². The Hall–Kier alpha value is -0.960. The van der Waals surface area contributed by atoms with Crippen LogP contribution in [-0.4, -0.2) is 6.10 Å². The minimum Gasteiger partial charge on any atom is -0.489 e. The molecule has 2 atom stereocenters. The SMILES string of the molecule is CC1CCC(Oc2cc(N)c(F)cc2Cl)C1. The average molecular weight is 244 g/mol. The first-order chi connectivity index (χ1) is 7.56. The molecule has 4 heteroatoms. The van der Waals surface area contributed by atoms with Crippen molar-refractivity contribution in [3.05, 3.63) is 23.0 Å². The van der Waals surface area contributed by atoms with Crippen LogP contribution in [0.15, 0.2) is 12.1 Å². The predicted molar refractivity (Wildman–Crippen MR) is 63.3 cm³/mol. The minimum absolute atomic E-state index is 0.0745. The molecule has 1 aliphatic rings. The second-order valence-corrected chi connectivity index (χ2v) is 4.87. The summed E-state index contributed by atoms with van der Waals surface area (Å²) in [6.45, 7) is 2.20. The number of ether oxygens (including phenoxy) is 1. The van der Waals surface area contributed by atoms with Crippen molar-refractivity contribution in [1.82, 2.24) is 0 Å². The van der Waals surface area contributed by atoms with Gasteiger partial charge in [-0.3, -0.25) is 0 Å². The second-order valence-electron chi connectivity index (χ2n) is 4.46. The van der Waals surface area contributed by atoms with Crippen molar-refractivity contribution in [2.24, 2.45) is 5.92 Å². The maximum atomic E-state index is 13.1. The van der Waals surface area contributed by atoms with E-state index in [-0.39, 0.29) is 16.8 Å². The van der Waals surface area contributed by atoms with Gasteiger partial charge < -0.3 is 10.5 Å². The molecule has 0 aromatic heterocycles. The van der Waals surface area contributed by atoms with Crippen LogP contribution in [0.2, 0.25) is 5.02 Å². The van der Waals surface area contributed by atoms with E-state index in [0.717, 1.165) is 12.8 Å². The molecule has 0 radical (unpaired) electrons. The fourth-order valence-corrected chi connectivity index (χ4v) is 2.27. The molecule has 2 rings (SSSR count). The molecule has 1 aromatic carbocycles. The Labute approximate surface area is 99.5 Å². The Kier molecular flexibility index (Phi) is 3.24. The van der Waals surface area contributed by atoms with Gasteiger partial charge in [0.05, 0.1) is 16.8 Å². The maximum absolute atomic E-state index is 13.1. The molecule has 1 aromatic rings. The lowest BCUT2D eigenvalue weighted by Crippen LogP contribution is -2.12. The summed E-state index contributed by atoms with van der Waals surface area (Å²) < 4.78 is 18.8. The van der Waals surface area contributed by atoms with Gasteiger partial charge in [0.1, 0.15) is 11.6 Å². The van der Waals surface area contributed by atoms with E-state index in [1.807, 2.05) is 0 Å². The number of benzene rings is 1. The van der Waals surface area contributed by atoms with Crippen molar-refractivity contribution in [2.75, 3.05) is 5.73 Å². The van der Waals surface area contributed by atoms with Gasteiger partial charge in [0.15, 0.2) is 0 Å². The number of hydrogen-bond acceptors (Lipinski definition) is 2. The van der Waals surface area contributed by atoms with E-state index in [9.17, 15) is 4.39 Å². The molecule has 0 amide bonds. The molecule has 2 N–H and O–H groups in total. The van der Waals surface area contributed by atoms with Crippen molar-refractivity contribution in [1.29, 1.82) is 0 Å². The van der Waals surface area contributed by atoms with Crippen LogP contribution in [0.1, 0.15) is 26.2 Å². The molecule has 1 saturated carbocycles. The van der Waals surface area contributed by atoms with Crippen molar-refractivity contribution in [2.45, 2.75) is 32.3 Å². The highest BCUT2D eigenvalue weighted by atomic mass is 35.5. The highest BCUT2D eigenvalue weighted by Gasteiger charge is 2.23. The minimum atomic E-state index is -0.503. The lowest BCUT2D eigenvalue weighted by molar-refractivity contribution is 0.205. The molecule has 0 heterocycles. The summed E-state index contributed by atoms with van der Waals surface area (Å²) in [4.78, 5) is 0. The van der Waals surface area contributed by atoms with Gasteiger partial charge in [-0.2, -0.15) is 0 Å². The molecule has 0 aliphatic heterocycles. The van der Waals surface area contributed by atoms with E-state index in [2.05, 4.69) is 6.92 Å². The number of hydrogen-bond donors (Lipinski definition) is 1. The largest absolute Gasteiger partial charge is 0.489 e. The second kappa shape index (κ2) is 4.50. The third-order valence-corrected chi connectivity index (χ3v) is 3.29. The third kappa shape index (κ3) is 2.40. The van der Waals surface area contributed by atoms with Gasteiger partial charge in [-0.15, -0.1) is 0 Å². The van der Waals surface area contributed by atoms with Gasteiger partial charge in [0, 0.05) is 6.07 Å². The standard InChI is InChI=1S/C12H15ClFNO/c1-7-2-3-8(4-7)16-12-6-11(15)10(14)5-9(12)13/h5-8H,2-4,15H2,1H3.